The molecule has 4 heteroatoms. The first-order valence-corrected chi connectivity index (χ1v) is 10.4. The molecule has 1 N–H and O–H groups in total. The summed E-state index contributed by atoms with van der Waals surface area (Å²) < 4.78 is 0. The predicted molar refractivity (Wildman–Crippen MR) is 97.3 cm³/mol. The molecule has 0 heterocycles. The van der Waals surface area contributed by atoms with Gasteiger partial charge < -0.3 is 5.11 Å². The van der Waals surface area contributed by atoms with Gasteiger partial charge in [-0.3, -0.25) is 14.4 Å². The second-order valence-corrected chi connectivity index (χ2v) is 9.27. The Morgan fingerprint density at radius 2 is 1.96 bits per heavy atom. The molecule has 0 aromatic carbocycles. The smallest absolute Gasteiger partial charge is 0.209 e. The summed E-state index contributed by atoms with van der Waals surface area (Å²) >= 11 is 0. The lowest BCUT2D eigenvalue weighted by Gasteiger charge is -2.53. The number of allylic oxidation sites excluding steroid dienone is 1. The quantitative estimate of drug-likeness (QED) is 0.621. The molecule has 0 aliphatic heterocycles. The summed E-state index contributed by atoms with van der Waals surface area (Å²) in [7, 11) is 0. The van der Waals surface area contributed by atoms with E-state index in [1.165, 1.54) is 5.57 Å². The van der Waals surface area contributed by atoms with Crippen LogP contribution in [0, 0.1) is 35.0 Å². The Balaban J connectivity index is 1.59. The van der Waals surface area contributed by atoms with Crippen LogP contribution in [0.15, 0.2) is 11.6 Å². The Bertz CT molecular complexity index is 678. The molecular formula is C22H30O4. The van der Waals surface area contributed by atoms with Crippen molar-refractivity contribution >= 4 is 17.3 Å². The van der Waals surface area contributed by atoms with Crippen molar-refractivity contribution in [3.05, 3.63) is 11.6 Å². The number of rotatable bonds is 3. The van der Waals surface area contributed by atoms with Crippen LogP contribution < -0.4 is 0 Å². The van der Waals surface area contributed by atoms with Gasteiger partial charge in [0.2, 0.25) is 5.78 Å². The van der Waals surface area contributed by atoms with Crippen LogP contribution in [-0.4, -0.2) is 28.6 Å². The van der Waals surface area contributed by atoms with Crippen molar-refractivity contribution in [1.29, 1.82) is 0 Å². The van der Waals surface area contributed by atoms with Crippen LogP contribution in [0.2, 0.25) is 0 Å². The molecule has 4 aliphatic rings. The fourth-order valence-corrected chi connectivity index (χ4v) is 6.76. The average molecular weight is 358 g/mol. The fraction of sp³-hybridized carbons (Fsp3) is 0.773. The Kier molecular flexibility index (Phi) is 4.45. The Hall–Kier alpha value is -1.29. The topological polar surface area (TPSA) is 71.4 Å². The van der Waals surface area contributed by atoms with Crippen LogP contribution in [-0.2, 0) is 14.4 Å². The highest BCUT2D eigenvalue weighted by molar-refractivity contribution is 6.42. The van der Waals surface area contributed by atoms with E-state index in [4.69, 9.17) is 0 Å². The second kappa shape index (κ2) is 6.40. The minimum atomic E-state index is -0.752. The molecule has 142 valence electrons. The minimum Gasteiger partial charge on any atom is -0.393 e. The molecule has 4 rings (SSSR count). The standard InChI is InChI=1S/C22H30O4/c1-3-18(23)21(26)16-11-15-12(10-19(16)24)4-5-14-13(15)8-9-22(2)17(14)6-7-20(22)25/h10,13-17,20,25H,3-9,11H2,1-2H3/t13-,14+,15+,16?,17?,20+,22+/m1/s1. The average Bonchev–Trinajstić information content (AvgIpc) is 2.94. The van der Waals surface area contributed by atoms with E-state index in [1.54, 1.807) is 13.0 Å². The molecule has 7 atom stereocenters. The maximum atomic E-state index is 12.5. The van der Waals surface area contributed by atoms with Crippen LogP contribution in [0.1, 0.15) is 65.2 Å². The number of hydrogen-bond donors (Lipinski definition) is 1. The van der Waals surface area contributed by atoms with Gasteiger partial charge in [-0.25, -0.2) is 0 Å². The molecule has 3 saturated carbocycles. The highest BCUT2D eigenvalue weighted by Crippen LogP contribution is 2.61. The number of ketones is 3. The maximum absolute atomic E-state index is 12.5. The lowest BCUT2D eigenvalue weighted by molar-refractivity contribution is -0.142. The number of fused-ring (bicyclic) bond motifs is 5. The van der Waals surface area contributed by atoms with Gasteiger partial charge in [0.05, 0.1) is 12.0 Å². The largest absolute Gasteiger partial charge is 0.393 e. The lowest BCUT2D eigenvalue weighted by atomic mass is 9.51. The number of hydrogen-bond acceptors (Lipinski definition) is 4. The molecule has 0 aromatic rings. The first-order valence-electron chi connectivity index (χ1n) is 10.4. The Morgan fingerprint density at radius 3 is 2.69 bits per heavy atom. The zero-order chi connectivity index (χ0) is 18.6. The number of Topliss-reactive ketones (excluding diaryl/α,β-unsaturated/α-hetero) is 2. The van der Waals surface area contributed by atoms with E-state index >= 15 is 0 Å². The van der Waals surface area contributed by atoms with Crippen molar-refractivity contribution in [3.63, 3.8) is 0 Å². The Morgan fingerprint density at radius 1 is 1.19 bits per heavy atom. The fourth-order valence-electron chi connectivity index (χ4n) is 6.76. The molecule has 26 heavy (non-hydrogen) atoms. The van der Waals surface area contributed by atoms with Crippen molar-refractivity contribution in [1.82, 2.24) is 0 Å². The summed E-state index contributed by atoms with van der Waals surface area (Å²) in [6.07, 6.45) is 8.35. The molecule has 4 aliphatic carbocycles. The van der Waals surface area contributed by atoms with E-state index in [0.29, 0.717) is 24.2 Å². The van der Waals surface area contributed by atoms with Crippen LogP contribution in [0.5, 0.6) is 0 Å². The predicted octanol–water partition coefficient (Wildman–Crippen LogP) is 3.26. The zero-order valence-corrected chi connectivity index (χ0v) is 15.9. The van der Waals surface area contributed by atoms with Gasteiger partial charge in [-0.2, -0.15) is 0 Å². The van der Waals surface area contributed by atoms with E-state index < -0.39 is 17.5 Å². The number of aliphatic hydroxyl groups excluding tert-OH is 1. The highest BCUT2D eigenvalue weighted by Gasteiger charge is 2.56. The lowest BCUT2D eigenvalue weighted by Crippen LogP contribution is -2.48. The second-order valence-electron chi connectivity index (χ2n) is 9.27. The minimum absolute atomic E-state index is 0.0419. The maximum Gasteiger partial charge on any atom is 0.209 e. The summed E-state index contributed by atoms with van der Waals surface area (Å²) in [6.45, 7) is 3.94. The summed E-state index contributed by atoms with van der Waals surface area (Å²) in [5, 5.41) is 10.5. The SMILES string of the molecule is CCC(=O)C(=O)C1C[C@H]2C(=CC1=O)CC[C@@H]1C3CC[C@H](O)[C@@]3(C)CC[C@H]12. The molecule has 0 spiro atoms. The summed E-state index contributed by atoms with van der Waals surface area (Å²) in [6, 6.07) is 0. The molecule has 0 bridgehead atoms. The van der Waals surface area contributed by atoms with E-state index in [2.05, 4.69) is 6.92 Å². The van der Waals surface area contributed by atoms with Gasteiger partial charge in [0, 0.05) is 6.42 Å². The van der Waals surface area contributed by atoms with Crippen LogP contribution in [0.4, 0.5) is 0 Å². The highest BCUT2D eigenvalue weighted by atomic mass is 16.3. The van der Waals surface area contributed by atoms with E-state index in [9.17, 15) is 19.5 Å². The Labute approximate surface area is 155 Å². The van der Waals surface area contributed by atoms with Crippen molar-refractivity contribution in [2.24, 2.45) is 35.0 Å². The summed E-state index contributed by atoms with van der Waals surface area (Å²) in [4.78, 5) is 36.8. The first-order chi connectivity index (χ1) is 12.4. The van der Waals surface area contributed by atoms with Gasteiger partial charge in [-0.15, -0.1) is 0 Å². The molecule has 0 amide bonds. The zero-order valence-electron chi connectivity index (χ0n) is 15.9. The first kappa shape index (κ1) is 18.1. The third kappa shape index (κ3) is 2.56. The van der Waals surface area contributed by atoms with Gasteiger partial charge in [0.1, 0.15) is 0 Å². The molecule has 0 saturated heterocycles. The van der Waals surface area contributed by atoms with Gasteiger partial charge in [0.25, 0.3) is 0 Å². The summed E-state index contributed by atoms with van der Waals surface area (Å²) in [5.74, 6) is 0.108. The third-order valence-corrected chi connectivity index (χ3v) is 8.28. The molecule has 0 radical (unpaired) electrons. The number of carbonyl (C=O) groups is 3. The number of carbonyl (C=O) groups excluding carboxylic acids is 3. The molecular weight excluding hydrogens is 328 g/mol. The molecule has 0 aromatic heterocycles. The van der Waals surface area contributed by atoms with Crippen molar-refractivity contribution < 1.29 is 19.5 Å². The summed E-state index contributed by atoms with van der Waals surface area (Å²) in [5.41, 5.74) is 1.26. The van der Waals surface area contributed by atoms with Gasteiger partial charge >= 0.3 is 0 Å². The van der Waals surface area contributed by atoms with E-state index in [1.807, 2.05) is 0 Å². The van der Waals surface area contributed by atoms with Gasteiger partial charge in [-0.1, -0.05) is 19.4 Å². The van der Waals surface area contributed by atoms with Crippen LogP contribution >= 0.6 is 0 Å². The van der Waals surface area contributed by atoms with Crippen molar-refractivity contribution in [3.8, 4) is 0 Å². The van der Waals surface area contributed by atoms with Crippen molar-refractivity contribution in [2.45, 2.75) is 71.3 Å². The monoisotopic (exact) mass is 358 g/mol. The van der Waals surface area contributed by atoms with E-state index in [-0.39, 0.29) is 29.6 Å². The molecule has 2 unspecified atom stereocenters. The molecule has 4 nitrogen and oxygen atoms in total. The third-order valence-electron chi connectivity index (χ3n) is 8.28. The van der Waals surface area contributed by atoms with Crippen molar-refractivity contribution in [2.75, 3.05) is 0 Å². The molecule has 3 fully saturated rings. The van der Waals surface area contributed by atoms with Crippen LogP contribution in [0.3, 0.4) is 0 Å². The van der Waals surface area contributed by atoms with Crippen LogP contribution in [0.25, 0.3) is 0 Å². The number of aliphatic hydroxyl groups is 1. The van der Waals surface area contributed by atoms with Gasteiger partial charge in [0.15, 0.2) is 11.6 Å². The van der Waals surface area contributed by atoms with Gasteiger partial charge in [-0.05, 0) is 80.1 Å². The van der Waals surface area contributed by atoms with E-state index in [0.717, 1.165) is 38.5 Å². The normalized spacial score (nSPS) is 44.6.